The van der Waals surface area contributed by atoms with E-state index in [0.29, 0.717) is 58.7 Å². The van der Waals surface area contributed by atoms with Crippen molar-refractivity contribution in [2.24, 2.45) is 7.05 Å². The van der Waals surface area contributed by atoms with Crippen LogP contribution in [-0.4, -0.2) is 92.8 Å². The summed E-state index contributed by atoms with van der Waals surface area (Å²) in [5.41, 5.74) is 7.21. The number of aromatic nitrogens is 4. The van der Waals surface area contributed by atoms with Gasteiger partial charge in [-0.2, -0.15) is 0 Å². The molecule has 2 fully saturated rings. The number of nitrogens with zero attached hydrogens (tertiary/aromatic N) is 6. The van der Waals surface area contributed by atoms with Gasteiger partial charge in [0.2, 0.25) is 5.91 Å². The van der Waals surface area contributed by atoms with E-state index in [9.17, 15) is 19.5 Å². The zero-order chi connectivity index (χ0) is 36.8. The Bertz CT molecular complexity index is 2160. The zero-order valence-corrected chi connectivity index (χ0v) is 30.2. The largest absolute Gasteiger partial charge is 0.392 e. The van der Waals surface area contributed by atoms with Crippen LogP contribution in [-0.2, 0) is 42.4 Å². The van der Waals surface area contributed by atoms with Crippen LogP contribution in [0.3, 0.4) is 0 Å². The Morgan fingerprint density at radius 1 is 1.11 bits per heavy atom. The first kappa shape index (κ1) is 34.8. The molecule has 276 valence electrons. The van der Waals surface area contributed by atoms with E-state index in [1.807, 2.05) is 12.1 Å². The Morgan fingerprint density at radius 2 is 1.94 bits per heavy atom. The van der Waals surface area contributed by atoms with Crippen molar-refractivity contribution in [1.82, 2.24) is 24.4 Å². The Morgan fingerprint density at radius 3 is 2.70 bits per heavy atom. The topological polar surface area (TPSA) is 161 Å². The van der Waals surface area contributed by atoms with Crippen LogP contribution in [0.5, 0.6) is 0 Å². The molecule has 2 saturated heterocycles. The summed E-state index contributed by atoms with van der Waals surface area (Å²) in [6.07, 6.45) is 9.31. The minimum atomic E-state index is -0.390. The highest BCUT2D eigenvalue weighted by Crippen LogP contribution is 2.36. The number of nitrogens with one attached hydrogen (secondary N) is 3. The number of carbonyl (C=O) groups is 2. The Balaban J connectivity index is 1.09. The monoisotopic (exact) mass is 719 g/mol. The van der Waals surface area contributed by atoms with Crippen LogP contribution in [0.2, 0.25) is 0 Å². The van der Waals surface area contributed by atoms with Crippen LogP contribution in [0, 0.1) is 0 Å². The third kappa shape index (κ3) is 6.40. The molecule has 1 aliphatic carbocycles. The fourth-order valence-electron chi connectivity index (χ4n) is 8.20. The number of fused-ring (bicyclic) bond motifs is 3. The summed E-state index contributed by atoms with van der Waals surface area (Å²) < 4.78 is 6.84. The number of hydrogen-bond donors (Lipinski definition) is 4. The van der Waals surface area contributed by atoms with Gasteiger partial charge in [0.05, 0.1) is 42.9 Å². The molecule has 0 unspecified atom stereocenters. The lowest BCUT2D eigenvalue weighted by atomic mass is 9.92. The fraction of sp³-hybridized carbons (Fsp3) is 0.410. The van der Waals surface area contributed by atoms with E-state index in [1.54, 1.807) is 36.5 Å². The van der Waals surface area contributed by atoms with Gasteiger partial charge in [-0.25, -0.2) is 9.97 Å². The van der Waals surface area contributed by atoms with Gasteiger partial charge in [-0.3, -0.25) is 24.2 Å². The van der Waals surface area contributed by atoms with Gasteiger partial charge in [-0.1, -0.05) is 6.58 Å². The second kappa shape index (κ2) is 14.3. The molecule has 0 bridgehead atoms. The number of piperazine rings is 1. The van der Waals surface area contributed by atoms with Gasteiger partial charge < -0.3 is 34.9 Å². The molecule has 2 amide bonds. The average molecular weight is 720 g/mol. The van der Waals surface area contributed by atoms with Crippen molar-refractivity contribution in [3.05, 3.63) is 87.7 Å². The summed E-state index contributed by atoms with van der Waals surface area (Å²) in [6, 6.07) is 7.97. The van der Waals surface area contributed by atoms with E-state index < -0.39 is 6.61 Å². The lowest BCUT2D eigenvalue weighted by Gasteiger charge is -2.46. The van der Waals surface area contributed by atoms with Crippen LogP contribution in [0.25, 0.3) is 11.3 Å². The third-order valence-corrected chi connectivity index (χ3v) is 11.1. The maximum absolute atomic E-state index is 13.9. The molecule has 53 heavy (non-hydrogen) atoms. The minimum absolute atomic E-state index is 0.0568. The van der Waals surface area contributed by atoms with Crippen molar-refractivity contribution < 1.29 is 19.4 Å². The van der Waals surface area contributed by atoms with Gasteiger partial charge in [0.1, 0.15) is 11.5 Å². The maximum atomic E-state index is 13.9. The number of hydrogen-bond acceptors (Lipinski definition) is 10. The third-order valence-electron chi connectivity index (χ3n) is 11.1. The van der Waals surface area contributed by atoms with E-state index in [4.69, 9.17) is 9.72 Å². The highest BCUT2D eigenvalue weighted by atomic mass is 16.5. The SMILES string of the molecule is C=CC(=O)Nc1cc(Nc2nc(-c3ccnc(N4CCc5c([nH]c6c5CCCC6)C4=O)c3CO)cn(C)c2=O)ccc1N1CCN(C2COC2)C[C@@H]1C. The number of aryl methyl sites for hydroxylation is 2. The Kier molecular flexibility index (Phi) is 9.35. The summed E-state index contributed by atoms with van der Waals surface area (Å²) in [6.45, 7) is 9.92. The normalized spacial score (nSPS) is 19.0. The zero-order valence-electron chi connectivity index (χ0n) is 30.2. The predicted molar refractivity (Wildman–Crippen MR) is 203 cm³/mol. The summed E-state index contributed by atoms with van der Waals surface area (Å²) in [5.74, 6) is -0.0848. The first-order valence-corrected chi connectivity index (χ1v) is 18.4. The minimum Gasteiger partial charge on any atom is -0.392 e. The summed E-state index contributed by atoms with van der Waals surface area (Å²) in [5, 5.41) is 16.9. The van der Waals surface area contributed by atoms with Crippen LogP contribution in [0.1, 0.15) is 52.6 Å². The lowest BCUT2D eigenvalue weighted by molar-refractivity contribution is -0.111. The molecule has 4 aromatic rings. The van der Waals surface area contributed by atoms with E-state index >= 15 is 0 Å². The second-order valence-electron chi connectivity index (χ2n) is 14.3. The van der Waals surface area contributed by atoms with Crippen molar-refractivity contribution in [3.63, 3.8) is 0 Å². The van der Waals surface area contributed by atoms with Crippen LogP contribution < -0.4 is 26.0 Å². The molecule has 0 spiro atoms. The van der Waals surface area contributed by atoms with E-state index in [0.717, 1.165) is 75.5 Å². The number of ether oxygens (including phenoxy) is 1. The van der Waals surface area contributed by atoms with E-state index in [1.165, 1.54) is 16.2 Å². The fourth-order valence-corrected chi connectivity index (χ4v) is 8.20. The second-order valence-corrected chi connectivity index (χ2v) is 14.3. The molecule has 3 aromatic heterocycles. The summed E-state index contributed by atoms with van der Waals surface area (Å²) >= 11 is 0. The molecule has 8 rings (SSSR count). The molecule has 3 aliphatic heterocycles. The molecule has 14 heteroatoms. The van der Waals surface area contributed by atoms with E-state index in [-0.39, 0.29) is 29.2 Å². The molecule has 4 N–H and O–H groups in total. The van der Waals surface area contributed by atoms with E-state index in [2.05, 4.69) is 43.9 Å². The number of aliphatic hydroxyl groups is 1. The number of amides is 2. The number of pyridine rings is 1. The highest BCUT2D eigenvalue weighted by molar-refractivity contribution is 6.07. The number of rotatable bonds is 9. The number of benzene rings is 1. The Labute approximate surface area is 307 Å². The van der Waals surface area contributed by atoms with Crippen LogP contribution in [0.4, 0.5) is 28.7 Å². The Hall–Kier alpha value is -5.31. The number of aromatic amines is 1. The number of carbonyl (C=O) groups excluding carboxylic acids is 2. The van der Waals surface area contributed by atoms with Gasteiger partial charge in [0, 0.05) is 74.2 Å². The number of anilines is 5. The molecular weight excluding hydrogens is 674 g/mol. The molecular formula is C39H45N9O5. The molecule has 1 atom stereocenters. The standard InChI is InChI=1S/C39H45N9O5/c1-4-34(50)42-31-17-24(9-10-33(31)47-16-15-46(18-23(47)2)25-21-53-22-25)41-36-39(52)45(3)19-32(44-36)27-11-13-40-37(29(27)20-49)48-14-12-28-26-7-5-6-8-30(26)43-35(28)38(48)51/h4,9-11,13,17,19,23,25,43,49H,1,5-8,12,14-16,18,20-22H2,2-3H3,(H,41,44)(H,42,50)/t23-/m0/s1. The summed E-state index contributed by atoms with van der Waals surface area (Å²) in [7, 11) is 1.64. The lowest BCUT2D eigenvalue weighted by Crippen LogP contribution is -2.59. The van der Waals surface area contributed by atoms with Gasteiger partial charge in [0.25, 0.3) is 11.5 Å². The number of aliphatic hydroxyl groups excluding tert-OH is 1. The van der Waals surface area contributed by atoms with Crippen LogP contribution >= 0.6 is 0 Å². The number of H-pyrrole nitrogens is 1. The van der Waals surface area contributed by atoms with Crippen molar-refractivity contribution >= 4 is 40.5 Å². The van der Waals surface area contributed by atoms with Gasteiger partial charge >= 0.3 is 0 Å². The first-order valence-electron chi connectivity index (χ1n) is 18.4. The average Bonchev–Trinajstić information content (AvgIpc) is 3.53. The molecule has 1 aromatic carbocycles. The van der Waals surface area contributed by atoms with Gasteiger partial charge in [-0.05, 0) is 80.5 Å². The summed E-state index contributed by atoms with van der Waals surface area (Å²) in [4.78, 5) is 59.0. The van der Waals surface area contributed by atoms with Crippen molar-refractivity contribution in [2.75, 3.05) is 59.8 Å². The highest BCUT2D eigenvalue weighted by Gasteiger charge is 2.35. The van der Waals surface area contributed by atoms with Crippen molar-refractivity contribution in [1.29, 1.82) is 0 Å². The van der Waals surface area contributed by atoms with Gasteiger partial charge in [0.15, 0.2) is 5.82 Å². The molecule has 0 radical (unpaired) electrons. The molecule has 14 nitrogen and oxygen atoms in total. The van der Waals surface area contributed by atoms with Crippen molar-refractivity contribution in [2.45, 2.75) is 57.7 Å². The first-order chi connectivity index (χ1) is 25.7. The van der Waals surface area contributed by atoms with Gasteiger partial charge in [-0.15, -0.1) is 0 Å². The maximum Gasteiger partial charge on any atom is 0.293 e. The van der Waals surface area contributed by atoms with Crippen molar-refractivity contribution in [3.8, 4) is 11.3 Å². The molecule has 4 aliphatic rings. The predicted octanol–water partition coefficient (Wildman–Crippen LogP) is 3.52. The smallest absolute Gasteiger partial charge is 0.293 e. The van der Waals surface area contributed by atoms with Crippen LogP contribution in [0.15, 0.2) is 54.1 Å². The molecule has 0 saturated carbocycles. The molecule has 6 heterocycles. The quantitative estimate of drug-likeness (QED) is 0.189.